The van der Waals surface area contributed by atoms with Crippen LogP contribution in [0, 0.1) is 11.8 Å². The number of hydrogen-bond donors (Lipinski definition) is 1. The number of urea groups is 1. The van der Waals surface area contributed by atoms with Crippen molar-refractivity contribution < 1.29 is 9.59 Å². The van der Waals surface area contributed by atoms with Crippen molar-refractivity contribution in [1.82, 2.24) is 10.2 Å². The molecule has 1 aromatic heterocycles. The first kappa shape index (κ1) is 13.1. The van der Waals surface area contributed by atoms with E-state index in [0.29, 0.717) is 12.5 Å². The zero-order valence-electron chi connectivity index (χ0n) is 10.8. The van der Waals surface area contributed by atoms with Gasteiger partial charge in [0.1, 0.15) is 0 Å². The molecule has 2 heterocycles. The molecule has 1 saturated heterocycles. The van der Waals surface area contributed by atoms with E-state index in [-0.39, 0.29) is 23.9 Å². The fourth-order valence-corrected chi connectivity index (χ4v) is 3.31. The molecule has 18 heavy (non-hydrogen) atoms. The van der Waals surface area contributed by atoms with Gasteiger partial charge in [-0.3, -0.25) is 10.1 Å². The van der Waals surface area contributed by atoms with Crippen molar-refractivity contribution in [2.75, 3.05) is 6.54 Å². The summed E-state index contributed by atoms with van der Waals surface area (Å²) in [5.41, 5.74) is 0. The summed E-state index contributed by atoms with van der Waals surface area (Å²) in [6, 6.07) is 3.81. The van der Waals surface area contributed by atoms with Crippen molar-refractivity contribution in [3.8, 4) is 0 Å². The molecule has 0 saturated carbocycles. The largest absolute Gasteiger partial charge is 0.324 e. The minimum Gasteiger partial charge on any atom is -0.316 e. The van der Waals surface area contributed by atoms with Crippen molar-refractivity contribution in [3.63, 3.8) is 0 Å². The van der Waals surface area contributed by atoms with Gasteiger partial charge < -0.3 is 4.90 Å². The van der Waals surface area contributed by atoms with Crippen LogP contribution in [0.15, 0.2) is 17.5 Å². The average Bonchev–Trinajstić information content (AvgIpc) is 2.79. The summed E-state index contributed by atoms with van der Waals surface area (Å²) in [7, 11) is 0. The van der Waals surface area contributed by atoms with E-state index in [0.717, 1.165) is 0 Å². The molecule has 2 rings (SSSR count). The van der Waals surface area contributed by atoms with Gasteiger partial charge in [0.15, 0.2) is 0 Å². The molecule has 2 unspecified atom stereocenters. The highest BCUT2D eigenvalue weighted by atomic mass is 32.1. The van der Waals surface area contributed by atoms with Gasteiger partial charge in [-0.1, -0.05) is 26.8 Å². The lowest BCUT2D eigenvalue weighted by Crippen LogP contribution is -2.55. The standard InChI is InChI=1S/C13H18N2O2S/c1-8(2)11(10-5-4-6-18-10)15-7-9(3)12(16)14-13(15)17/h4-6,8-9,11H,7H2,1-3H3,(H,14,16,17). The van der Waals surface area contributed by atoms with Crippen LogP contribution < -0.4 is 5.32 Å². The van der Waals surface area contributed by atoms with Crippen LogP contribution in [0.4, 0.5) is 4.79 Å². The van der Waals surface area contributed by atoms with Gasteiger partial charge in [0.2, 0.25) is 5.91 Å². The second-order valence-electron chi connectivity index (χ2n) is 5.05. The van der Waals surface area contributed by atoms with Gasteiger partial charge in [0.25, 0.3) is 0 Å². The predicted octanol–water partition coefficient (Wildman–Crippen LogP) is 2.63. The van der Waals surface area contributed by atoms with Crippen LogP contribution in [0.3, 0.4) is 0 Å². The lowest BCUT2D eigenvalue weighted by Gasteiger charge is -2.38. The summed E-state index contributed by atoms with van der Waals surface area (Å²) in [6.07, 6.45) is 0. The summed E-state index contributed by atoms with van der Waals surface area (Å²) in [5.74, 6) is -0.0105. The molecule has 1 aliphatic rings. The zero-order chi connectivity index (χ0) is 13.3. The minimum absolute atomic E-state index is 0.0422. The van der Waals surface area contributed by atoms with Gasteiger partial charge >= 0.3 is 6.03 Å². The van der Waals surface area contributed by atoms with Crippen molar-refractivity contribution in [3.05, 3.63) is 22.4 Å². The van der Waals surface area contributed by atoms with Crippen LogP contribution in [0.2, 0.25) is 0 Å². The molecule has 98 valence electrons. The molecule has 4 nitrogen and oxygen atoms in total. The van der Waals surface area contributed by atoms with Crippen LogP contribution in [-0.2, 0) is 4.79 Å². The Bertz CT molecular complexity index is 442. The van der Waals surface area contributed by atoms with Gasteiger partial charge in [0, 0.05) is 11.4 Å². The Morgan fingerprint density at radius 3 is 2.72 bits per heavy atom. The minimum atomic E-state index is -0.273. The van der Waals surface area contributed by atoms with Crippen molar-refractivity contribution in [1.29, 1.82) is 0 Å². The number of nitrogens with zero attached hydrogens (tertiary/aromatic N) is 1. The van der Waals surface area contributed by atoms with Gasteiger partial charge in [-0.15, -0.1) is 11.3 Å². The van der Waals surface area contributed by atoms with E-state index in [1.165, 1.54) is 4.88 Å². The Kier molecular flexibility index (Phi) is 3.71. The van der Waals surface area contributed by atoms with Crippen LogP contribution in [0.1, 0.15) is 31.7 Å². The number of thiophene rings is 1. The second kappa shape index (κ2) is 5.10. The third-order valence-electron chi connectivity index (χ3n) is 3.21. The van der Waals surface area contributed by atoms with Crippen molar-refractivity contribution >= 4 is 23.3 Å². The SMILES string of the molecule is CC1CN(C(c2cccs2)C(C)C)C(=O)NC1=O. The van der Waals surface area contributed by atoms with E-state index in [1.54, 1.807) is 16.2 Å². The maximum Gasteiger partial charge on any atom is 0.324 e. The fraction of sp³-hybridized carbons (Fsp3) is 0.538. The monoisotopic (exact) mass is 266 g/mol. The lowest BCUT2D eigenvalue weighted by atomic mass is 9.98. The van der Waals surface area contributed by atoms with Gasteiger partial charge in [-0.2, -0.15) is 0 Å². The summed E-state index contributed by atoms with van der Waals surface area (Å²) in [5, 5.41) is 4.44. The molecule has 1 aliphatic heterocycles. The molecule has 0 aliphatic carbocycles. The van der Waals surface area contributed by atoms with E-state index in [9.17, 15) is 9.59 Å². The quantitative estimate of drug-likeness (QED) is 0.914. The van der Waals surface area contributed by atoms with E-state index in [2.05, 4.69) is 19.2 Å². The maximum atomic E-state index is 12.0. The third kappa shape index (κ3) is 2.41. The highest BCUT2D eigenvalue weighted by Gasteiger charge is 2.36. The summed E-state index contributed by atoms with van der Waals surface area (Å²) in [6.45, 7) is 6.53. The molecular weight excluding hydrogens is 248 g/mol. The summed E-state index contributed by atoms with van der Waals surface area (Å²) in [4.78, 5) is 26.4. The van der Waals surface area contributed by atoms with Crippen LogP contribution in [0.25, 0.3) is 0 Å². The molecule has 0 aromatic carbocycles. The Labute approximate surface area is 111 Å². The predicted molar refractivity (Wildman–Crippen MR) is 71.3 cm³/mol. The number of carbonyl (C=O) groups excluding carboxylic acids is 2. The van der Waals surface area contributed by atoms with E-state index >= 15 is 0 Å². The molecule has 1 N–H and O–H groups in total. The molecule has 2 atom stereocenters. The molecule has 5 heteroatoms. The van der Waals surface area contributed by atoms with E-state index in [4.69, 9.17) is 0 Å². The molecule has 1 aromatic rings. The number of nitrogens with one attached hydrogen (secondary N) is 1. The second-order valence-corrected chi connectivity index (χ2v) is 6.03. The van der Waals surface area contributed by atoms with Crippen LogP contribution in [-0.4, -0.2) is 23.4 Å². The van der Waals surface area contributed by atoms with Crippen molar-refractivity contribution in [2.24, 2.45) is 11.8 Å². The summed E-state index contributed by atoms with van der Waals surface area (Å²) < 4.78 is 0. The molecular formula is C13H18N2O2S. The first-order chi connectivity index (χ1) is 8.50. The fourth-order valence-electron chi connectivity index (χ4n) is 2.30. The third-order valence-corrected chi connectivity index (χ3v) is 4.15. The smallest absolute Gasteiger partial charge is 0.316 e. The van der Waals surface area contributed by atoms with E-state index in [1.807, 2.05) is 24.4 Å². The van der Waals surface area contributed by atoms with Crippen LogP contribution >= 0.6 is 11.3 Å². The Morgan fingerprint density at radius 1 is 1.44 bits per heavy atom. The molecule has 3 amide bonds. The number of hydrogen-bond acceptors (Lipinski definition) is 3. The lowest BCUT2D eigenvalue weighted by molar-refractivity contribution is -0.125. The highest BCUT2D eigenvalue weighted by Crippen LogP contribution is 2.33. The normalized spacial score (nSPS) is 22.2. The average molecular weight is 266 g/mol. The molecule has 0 spiro atoms. The number of amides is 3. The number of rotatable bonds is 3. The molecule has 0 radical (unpaired) electrons. The zero-order valence-corrected chi connectivity index (χ0v) is 11.7. The first-order valence-electron chi connectivity index (χ1n) is 6.15. The van der Waals surface area contributed by atoms with E-state index < -0.39 is 0 Å². The number of carbonyl (C=O) groups is 2. The van der Waals surface area contributed by atoms with Crippen LogP contribution in [0.5, 0.6) is 0 Å². The topological polar surface area (TPSA) is 49.4 Å². The maximum absolute atomic E-state index is 12.0. The van der Waals surface area contributed by atoms with Gasteiger partial charge in [-0.05, 0) is 17.4 Å². The van der Waals surface area contributed by atoms with Gasteiger partial charge in [-0.25, -0.2) is 4.79 Å². The Morgan fingerprint density at radius 2 is 2.17 bits per heavy atom. The Hall–Kier alpha value is -1.36. The highest BCUT2D eigenvalue weighted by molar-refractivity contribution is 7.10. The van der Waals surface area contributed by atoms with Gasteiger partial charge in [0.05, 0.1) is 12.0 Å². The van der Waals surface area contributed by atoms with Crippen molar-refractivity contribution in [2.45, 2.75) is 26.8 Å². The molecule has 0 bridgehead atoms. The first-order valence-corrected chi connectivity index (χ1v) is 7.03. The molecule has 1 fully saturated rings. The Balaban J connectivity index is 2.26. The number of imide groups is 1. The summed E-state index contributed by atoms with van der Waals surface area (Å²) >= 11 is 1.65.